The Kier molecular flexibility index (Phi) is 5.37. The van der Waals surface area contributed by atoms with Crippen LogP contribution in [0.2, 0.25) is 0 Å². The molecule has 1 fully saturated rings. The minimum Gasteiger partial charge on any atom is -0.392 e. The molecule has 2 rings (SSSR count). The Morgan fingerprint density at radius 2 is 1.79 bits per heavy atom. The molecule has 0 amide bonds. The standard InChI is InChI=1S/C16H26N2O/c1-18(16-5-3-2-4-15(16)10-17)11-13-6-8-14(12-19)9-7-13/h6-9,15-16,19H,2-5,10-12,17H2,1H3. The van der Waals surface area contributed by atoms with Gasteiger partial charge in [0.2, 0.25) is 0 Å². The normalized spacial score (nSPS) is 23.8. The van der Waals surface area contributed by atoms with Crippen molar-refractivity contribution in [3.8, 4) is 0 Å². The fourth-order valence-corrected chi connectivity index (χ4v) is 3.20. The number of aliphatic hydroxyl groups excluding tert-OH is 1. The highest BCUT2D eigenvalue weighted by molar-refractivity contribution is 5.21. The van der Waals surface area contributed by atoms with Crippen LogP contribution >= 0.6 is 0 Å². The van der Waals surface area contributed by atoms with Crippen molar-refractivity contribution < 1.29 is 5.11 Å². The molecule has 0 heterocycles. The van der Waals surface area contributed by atoms with E-state index in [1.165, 1.54) is 31.2 Å². The number of nitrogens with two attached hydrogens (primary N) is 1. The quantitative estimate of drug-likeness (QED) is 0.854. The van der Waals surface area contributed by atoms with Crippen molar-refractivity contribution >= 4 is 0 Å². The number of rotatable bonds is 5. The van der Waals surface area contributed by atoms with E-state index in [0.29, 0.717) is 12.0 Å². The Labute approximate surface area is 116 Å². The lowest BCUT2D eigenvalue weighted by Crippen LogP contribution is -2.42. The lowest BCUT2D eigenvalue weighted by Gasteiger charge is -2.37. The van der Waals surface area contributed by atoms with Crippen molar-refractivity contribution in [2.45, 2.75) is 44.9 Å². The third-order valence-corrected chi connectivity index (χ3v) is 4.38. The molecule has 3 heteroatoms. The van der Waals surface area contributed by atoms with Crippen molar-refractivity contribution in [3.63, 3.8) is 0 Å². The summed E-state index contributed by atoms with van der Waals surface area (Å²) in [6.45, 7) is 1.89. The van der Waals surface area contributed by atoms with E-state index in [1.54, 1.807) is 0 Å². The maximum Gasteiger partial charge on any atom is 0.0681 e. The van der Waals surface area contributed by atoms with Crippen LogP contribution in [-0.4, -0.2) is 29.6 Å². The van der Waals surface area contributed by atoms with E-state index in [1.807, 2.05) is 12.1 Å². The molecule has 3 N–H and O–H groups in total. The lowest BCUT2D eigenvalue weighted by atomic mass is 9.83. The smallest absolute Gasteiger partial charge is 0.0681 e. The molecular weight excluding hydrogens is 236 g/mol. The fourth-order valence-electron chi connectivity index (χ4n) is 3.20. The van der Waals surface area contributed by atoms with Crippen molar-refractivity contribution in [1.29, 1.82) is 0 Å². The van der Waals surface area contributed by atoms with Crippen LogP contribution in [-0.2, 0) is 13.2 Å². The molecule has 0 aromatic heterocycles. The Balaban J connectivity index is 1.96. The first-order valence-electron chi connectivity index (χ1n) is 7.33. The zero-order chi connectivity index (χ0) is 13.7. The van der Waals surface area contributed by atoms with Gasteiger partial charge < -0.3 is 10.8 Å². The number of benzene rings is 1. The first kappa shape index (κ1) is 14.5. The summed E-state index contributed by atoms with van der Waals surface area (Å²) in [5.41, 5.74) is 8.19. The minimum atomic E-state index is 0.119. The van der Waals surface area contributed by atoms with Gasteiger partial charge >= 0.3 is 0 Å². The Bertz CT molecular complexity index is 377. The van der Waals surface area contributed by atoms with E-state index in [9.17, 15) is 0 Å². The van der Waals surface area contributed by atoms with Gasteiger partial charge in [-0.25, -0.2) is 0 Å². The summed E-state index contributed by atoms with van der Waals surface area (Å²) < 4.78 is 0. The zero-order valence-electron chi connectivity index (χ0n) is 11.9. The molecule has 2 atom stereocenters. The number of hydrogen-bond acceptors (Lipinski definition) is 3. The van der Waals surface area contributed by atoms with E-state index in [-0.39, 0.29) is 6.61 Å². The first-order chi connectivity index (χ1) is 9.24. The van der Waals surface area contributed by atoms with Gasteiger partial charge in [-0.05, 0) is 43.5 Å². The molecule has 0 radical (unpaired) electrons. The average Bonchev–Trinajstić information content (AvgIpc) is 2.48. The summed E-state index contributed by atoms with van der Waals surface area (Å²) >= 11 is 0. The SMILES string of the molecule is CN(Cc1ccc(CO)cc1)C1CCCCC1CN. The number of hydrogen-bond donors (Lipinski definition) is 2. The van der Waals surface area contributed by atoms with Crippen LogP contribution in [0, 0.1) is 5.92 Å². The van der Waals surface area contributed by atoms with E-state index >= 15 is 0 Å². The van der Waals surface area contributed by atoms with Gasteiger partial charge in [0, 0.05) is 12.6 Å². The maximum absolute atomic E-state index is 9.06. The predicted octanol–water partition coefficient (Wildman–Crippen LogP) is 2.13. The predicted molar refractivity (Wildman–Crippen MR) is 78.6 cm³/mol. The maximum atomic E-state index is 9.06. The van der Waals surface area contributed by atoms with Crippen LogP contribution in [0.4, 0.5) is 0 Å². The molecular formula is C16H26N2O. The highest BCUT2D eigenvalue weighted by atomic mass is 16.3. The van der Waals surface area contributed by atoms with Crippen molar-refractivity contribution in [2.24, 2.45) is 11.7 Å². The van der Waals surface area contributed by atoms with Gasteiger partial charge in [-0.2, -0.15) is 0 Å². The monoisotopic (exact) mass is 262 g/mol. The topological polar surface area (TPSA) is 49.5 Å². The van der Waals surface area contributed by atoms with Gasteiger partial charge in [0.1, 0.15) is 0 Å². The Morgan fingerprint density at radius 1 is 1.16 bits per heavy atom. The molecule has 0 spiro atoms. The molecule has 2 unspecified atom stereocenters. The number of nitrogens with zero attached hydrogens (tertiary/aromatic N) is 1. The lowest BCUT2D eigenvalue weighted by molar-refractivity contribution is 0.127. The summed E-state index contributed by atoms with van der Waals surface area (Å²) in [7, 11) is 2.21. The van der Waals surface area contributed by atoms with Crippen molar-refractivity contribution in [1.82, 2.24) is 4.90 Å². The average molecular weight is 262 g/mol. The van der Waals surface area contributed by atoms with Crippen LogP contribution in [0.15, 0.2) is 24.3 Å². The molecule has 19 heavy (non-hydrogen) atoms. The Morgan fingerprint density at radius 3 is 2.42 bits per heavy atom. The van der Waals surface area contributed by atoms with Gasteiger partial charge in [0.05, 0.1) is 6.61 Å². The largest absolute Gasteiger partial charge is 0.392 e. The van der Waals surface area contributed by atoms with Crippen LogP contribution < -0.4 is 5.73 Å². The fraction of sp³-hybridized carbons (Fsp3) is 0.625. The Hall–Kier alpha value is -0.900. The highest BCUT2D eigenvalue weighted by Crippen LogP contribution is 2.28. The van der Waals surface area contributed by atoms with Gasteiger partial charge in [0.15, 0.2) is 0 Å². The molecule has 106 valence electrons. The van der Waals surface area contributed by atoms with Crippen LogP contribution in [0.25, 0.3) is 0 Å². The molecule has 1 aliphatic rings. The first-order valence-corrected chi connectivity index (χ1v) is 7.33. The molecule has 1 aliphatic carbocycles. The molecule has 0 bridgehead atoms. The molecule has 1 aromatic rings. The second-order valence-electron chi connectivity index (χ2n) is 5.74. The summed E-state index contributed by atoms with van der Waals surface area (Å²) in [6, 6.07) is 8.86. The van der Waals surface area contributed by atoms with Crippen LogP contribution in [0.5, 0.6) is 0 Å². The zero-order valence-corrected chi connectivity index (χ0v) is 11.9. The van der Waals surface area contributed by atoms with Gasteiger partial charge in [-0.1, -0.05) is 37.1 Å². The van der Waals surface area contributed by atoms with Gasteiger partial charge in [-0.3, -0.25) is 4.90 Å². The van der Waals surface area contributed by atoms with Gasteiger partial charge in [0.25, 0.3) is 0 Å². The molecule has 0 aliphatic heterocycles. The molecule has 1 saturated carbocycles. The second kappa shape index (κ2) is 7.04. The van der Waals surface area contributed by atoms with Crippen LogP contribution in [0.1, 0.15) is 36.8 Å². The minimum absolute atomic E-state index is 0.119. The van der Waals surface area contributed by atoms with E-state index < -0.39 is 0 Å². The van der Waals surface area contributed by atoms with Crippen molar-refractivity contribution in [3.05, 3.63) is 35.4 Å². The third kappa shape index (κ3) is 3.78. The number of aliphatic hydroxyl groups is 1. The summed E-state index contributed by atoms with van der Waals surface area (Å²) in [6.07, 6.45) is 5.20. The second-order valence-corrected chi connectivity index (χ2v) is 5.74. The van der Waals surface area contributed by atoms with Crippen molar-refractivity contribution in [2.75, 3.05) is 13.6 Å². The van der Waals surface area contributed by atoms with E-state index in [0.717, 1.165) is 18.7 Å². The molecule has 0 saturated heterocycles. The summed E-state index contributed by atoms with van der Waals surface area (Å²) in [5, 5.41) is 9.06. The van der Waals surface area contributed by atoms with E-state index in [4.69, 9.17) is 10.8 Å². The highest BCUT2D eigenvalue weighted by Gasteiger charge is 2.27. The summed E-state index contributed by atoms with van der Waals surface area (Å²) in [4.78, 5) is 2.45. The molecule has 3 nitrogen and oxygen atoms in total. The molecule has 1 aromatic carbocycles. The summed E-state index contributed by atoms with van der Waals surface area (Å²) in [5.74, 6) is 0.649. The van der Waals surface area contributed by atoms with Crippen LogP contribution in [0.3, 0.4) is 0 Å². The third-order valence-electron chi connectivity index (χ3n) is 4.38. The van der Waals surface area contributed by atoms with E-state index in [2.05, 4.69) is 24.1 Å². The van der Waals surface area contributed by atoms with Gasteiger partial charge in [-0.15, -0.1) is 0 Å².